The Morgan fingerprint density at radius 2 is 1.85 bits per heavy atom. The van der Waals surface area contributed by atoms with Gasteiger partial charge in [-0.25, -0.2) is 0 Å². The van der Waals surface area contributed by atoms with E-state index in [9.17, 15) is 9.59 Å². The molecule has 2 amide bonds. The summed E-state index contributed by atoms with van der Waals surface area (Å²) >= 11 is 0. The van der Waals surface area contributed by atoms with E-state index in [0.29, 0.717) is 6.54 Å². The number of rotatable bonds is 7. The maximum absolute atomic E-state index is 12.5. The van der Waals surface area contributed by atoms with Gasteiger partial charge in [0.1, 0.15) is 6.04 Å². The molecule has 0 bridgehead atoms. The Morgan fingerprint density at radius 3 is 2.48 bits per heavy atom. The molecule has 1 aromatic carbocycles. The Labute approximate surface area is 159 Å². The van der Waals surface area contributed by atoms with E-state index in [-0.39, 0.29) is 17.7 Å². The van der Waals surface area contributed by atoms with E-state index < -0.39 is 11.9 Å². The number of hydrogen-bond donors (Lipinski definition) is 2. The lowest BCUT2D eigenvalue weighted by Crippen LogP contribution is -2.47. The molecule has 2 unspecified atom stereocenters. The number of benzene rings is 1. The molecule has 2 heterocycles. The number of nitrogens with zero attached hydrogens (tertiary/aromatic N) is 1. The van der Waals surface area contributed by atoms with Crippen molar-refractivity contribution in [2.24, 2.45) is 0 Å². The molecule has 2 aromatic rings. The highest BCUT2D eigenvalue weighted by molar-refractivity contribution is 5.95. The Hall–Kier alpha value is -2.60. The molecule has 1 aliphatic rings. The number of amides is 2. The van der Waals surface area contributed by atoms with Crippen molar-refractivity contribution in [1.29, 1.82) is 0 Å². The molecule has 1 saturated heterocycles. The van der Waals surface area contributed by atoms with Crippen LogP contribution in [-0.2, 0) is 4.79 Å². The summed E-state index contributed by atoms with van der Waals surface area (Å²) in [5, 5.41) is 5.66. The molecule has 144 valence electrons. The molecule has 1 aliphatic heterocycles. The number of carbonyl (C=O) groups excluding carboxylic acids is 2. The zero-order chi connectivity index (χ0) is 19.2. The number of nitrogens with one attached hydrogen (secondary N) is 2. The minimum Gasteiger partial charge on any atom is -0.459 e. The van der Waals surface area contributed by atoms with Crippen molar-refractivity contribution in [2.75, 3.05) is 19.6 Å². The number of carbonyl (C=O) groups is 2. The Morgan fingerprint density at radius 1 is 1.15 bits per heavy atom. The average Bonchev–Trinajstić information content (AvgIpc) is 3.37. The maximum atomic E-state index is 12.5. The van der Waals surface area contributed by atoms with Crippen molar-refractivity contribution in [3.63, 3.8) is 0 Å². The lowest BCUT2D eigenvalue weighted by molar-refractivity contribution is -0.122. The van der Waals surface area contributed by atoms with Gasteiger partial charge in [0.2, 0.25) is 5.91 Å². The summed E-state index contributed by atoms with van der Waals surface area (Å²) in [6.07, 6.45) is 3.81. The first-order valence-corrected chi connectivity index (χ1v) is 9.47. The molecular weight excluding hydrogens is 342 g/mol. The molecule has 6 heteroatoms. The highest BCUT2D eigenvalue weighted by Gasteiger charge is 2.25. The van der Waals surface area contributed by atoms with Crippen LogP contribution in [0.4, 0.5) is 0 Å². The van der Waals surface area contributed by atoms with Crippen molar-refractivity contribution in [3.05, 3.63) is 59.5 Å². The van der Waals surface area contributed by atoms with Crippen LogP contribution in [0.5, 0.6) is 0 Å². The zero-order valence-electron chi connectivity index (χ0n) is 15.9. The predicted octanol–water partition coefficient (Wildman–Crippen LogP) is 2.66. The maximum Gasteiger partial charge on any atom is 0.287 e. The van der Waals surface area contributed by atoms with E-state index in [1.165, 1.54) is 30.2 Å². The SMILES string of the molecule is Cc1ccc(C(CNC(=O)C(C)NC(=O)c2ccco2)N2CCCC2)cc1. The van der Waals surface area contributed by atoms with E-state index in [1.54, 1.807) is 19.1 Å². The third-order valence-corrected chi connectivity index (χ3v) is 5.00. The molecule has 0 aliphatic carbocycles. The van der Waals surface area contributed by atoms with Gasteiger partial charge in [0.05, 0.1) is 12.3 Å². The first kappa shape index (κ1) is 19.2. The monoisotopic (exact) mass is 369 g/mol. The van der Waals surface area contributed by atoms with Crippen molar-refractivity contribution in [1.82, 2.24) is 15.5 Å². The van der Waals surface area contributed by atoms with E-state index in [0.717, 1.165) is 13.1 Å². The van der Waals surface area contributed by atoms with Crippen LogP contribution in [0.2, 0.25) is 0 Å². The Bertz CT molecular complexity index is 749. The smallest absolute Gasteiger partial charge is 0.287 e. The number of furan rings is 1. The summed E-state index contributed by atoms with van der Waals surface area (Å²) in [5.41, 5.74) is 2.42. The van der Waals surface area contributed by atoms with Gasteiger partial charge in [-0.1, -0.05) is 29.8 Å². The molecule has 3 rings (SSSR count). The van der Waals surface area contributed by atoms with Gasteiger partial charge in [0, 0.05) is 6.54 Å². The van der Waals surface area contributed by atoms with Crippen LogP contribution in [0.15, 0.2) is 47.1 Å². The average molecular weight is 369 g/mol. The third-order valence-electron chi connectivity index (χ3n) is 5.00. The van der Waals surface area contributed by atoms with Crippen LogP contribution in [0.1, 0.15) is 47.5 Å². The molecule has 1 aromatic heterocycles. The zero-order valence-corrected chi connectivity index (χ0v) is 15.9. The predicted molar refractivity (Wildman–Crippen MR) is 103 cm³/mol. The molecular formula is C21H27N3O3. The first-order valence-electron chi connectivity index (χ1n) is 9.47. The van der Waals surface area contributed by atoms with Crippen LogP contribution in [0.25, 0.3) is 0 Å². The van der Waals surface area contributed by atoms with Gasteiger partial charge in [-0.05, 0) is 57.5 Å². The summed E-state index contributed by atoms with van der Waals surface area (Å²) in [6, 6.07) is 11.2. The standard InChI is InChI=1S/C21H27N3O3/c1-15-7-9-17(10-8-15)18(24-11-3-4-12-24)14-22-20(25)16(2)23-21(26)19-6-5-13-27-19/h5-10,13,16,18H,3-4,11-12,14H2,1-2H3,(H,22,25)(H,23,26). The summed E-state index contributed by atoms with van der Waals surface area (Å²) in [7, 11) is 0. The lowest BCUT2D eigenvalue weighted by atomic mass is 10.0. The minimum absolute atomic E-state index is 0.144. The van der Waals surface area contributed by atoms with Gasteiger partial charge in [0.25, 0.3) is 5.91 Å². The Kier molecular flexibility index (Phi) is 6.29. The fourth-order valence-corrected chi connectivity index (χ4v) is 3.39. The van der Waals surface area contributed by atoms with Crippen molar-refractivity contribution in [2.45, 2.75) is 38.8 Å². The summed E-state index contributed by atoms with van der Waals surface area (Å²) in [6.45, 7) is 6.34. The summed E-state index contributed by atoms with van der Waals surface area (Å²) in [4.78, 5) is 26.9. The van der Waals surface area contributed by atoms with Crippen LogP contribution in [0, 0.1) is 6.92 Å². The highest BCUT2D eigenvalue weighted by Crippen LogP contribution is 2.24. The summed E-state index contributed by atoms with van der Waals surface area (Å²) < 4.78 is 5.06. The topological polar surface area (TPSA) is 74.6 Å². The molecule has 0 spiro atoms. The second-order valence-corrected chi connectivity index (χ2v) is 7.09. The van der Waals surface area contributed by atoms with E-state index in [4.69, 9.17) is 4.42 Å². The van der Waals surface area contributed by atoms with Crippen LogP contribution >= 0.6 is 0 Å². The van der Waals surface area contributed by atoms with Gasteiger partial charge in [-0.3, -0.25) is 14.5 Å². The van der Waals surface area contributed by atoms with Crippen LogP contribution < -0.4 is 10.6 Å². The third kappa shape index (κ3) is 4.98. The van der Waals surface area contributed by atoms with E-state index in [1.807, 2.05) is 0 Å². The van der Waals surface area contributed by atoms with Gasteiger partial charge in [-0.15, -0.1) is 0 Å². The van der Waals surface area contributed by atoms with Crippen molar-refractivity contribution < 1.29 is 14.0 Å². The van der Waals surface area contributed by atoms with E-state index >= 15 is 0 Å². The molecule has 1 fully saturated rings. The van der Waals surface area contributed by atoms with Crippen molar-refractivity contribution >= 4 is 11.8 Å². The highest BCUT2D eigenvalue weighted by atomic mass is 16.3. The normalized spacial score (nSPS) is 16.7. The van der Waals surface area contributed by atoms with E-state index in [2.05, 4.69) is 46.7 Å². The fourth-order valence-electron chi connectivity index (χ4n) is 3.39. The molecule has 0 radical (unpaired) electrons. The number of likely N-dealkylation sites (tertiary alicyclic amines) is 1. The summed E-state index contributed by atoms with van der Waals surface area (Å²) in [5.74, 6) is -0.396. The Balaban J connectivity index is 1.59. The molecule has 27 heavy (non-hydrogen) atoms. The van der Waals surface area contributed by atoms with Gasteiger partial charge in [0.15, 0.2) is 5.76 Å². The molecule has 2 atom stereocenters. The minimum atomic E-state index is -0.639. The lowest BCUT2D eigenvalue weighted by Gasteiger charge is -2.29. The van der Waals surface area contributed by atoms with Crippen LogP contribution in [0.3, 0.4) is 0 Å². The quantitative estimate of drug-likeness (QED) is 0.787. The van der Waals surface area contributed by atoms with Crippen LogP contribution in [-0.4, -0.2) is 42.4 Å². The molecule has 6 nitrogen and oxygen atoms in total. The number of aryl methyl sites for hydroxylation is 1. The second kappa shape index (κ2) is 8.86. The van der Waals surface area contributed by atoms with Crippen molar-refractivity contribution in [3.8, 4) is 0 Å². The van der Waals surface area contributed by atoms with Gasteiger partial charge < -0.3 is 15.1 Å². The number of hydrogen-bond acceptors (Lipinski definition) is 4. The second-order valence-electron chi connectivity index (χ2n) is 7.09. The van der Waals surface area contributed by atoms with Gasteiger partial charge in [-0.2, -0.15) is 0 Å². The molecule has 0 saturated carbocycles. The fraction of sp³-hybridized carbons (Fsp3) is 0.429. The largest absolute Gasteiger partial charge is 0.459 e. The first-order chi connectivity index (χ1) is 13.0. The van der Waals surface area contributed by atoms with Gasteiger partial charge >= 0.3 is 0 Å². The molecule has 2 N–H and O–H groups in total.